The second-order valence-electron chi connectivity index (χ2n) is 2.95. The molecule has 5 nitrogen and oxygen atoms in total. The monoisotopic (exact) mass is 284 g/mol. The number of thiol groups is 1. The summed E-state index contributed by atoms with van der Waals surface area (Å²) in [7, 11) is -2.48. The molecule has 0 unspecified atom stereocenters. The van der Waals surface area contributed by atoms with Gasteiger partial charge in [0.05, 0.1) is 12.7 Å². The highest BCUT2D eigenvalue weighted by atomic mass is 32.2. The maximum absolute atomic E-state index is 12.1. The SMILES string of the molecule is COC(=O)c1cccc(OC(F)(F)F)c1[SH](=O)=O. The second kappa shape index (κ2) is 5.25. The Bertz CT molecular complexity index is 527. The van der Waals surface area contributed by atoms with E-state index in [1.807, 2.05) is 0 Å². The third-order valence-electron chi connectivity index (χ3n) is 1.81. The predicted octanol–water partition coefficient (Wildman–Crippen LogP) is 1.34. The Labute approximate surface area is 101 Å². The fourth-order valence-corrected chi connectivity index (χ4v) is 1.86. The number of halogens is 3. The first-order valence-electron chi connectivity index (χ1n) is 4.37. The molecule has 1 rings (SSSR count). The molecule has 0 aliphatic carbocycles. The van der Waals surface area contributed by atoms with Crippen LogP contribution in [-0.4, -0.2) is 27.9 Å². The van der Waals surface area contributed by atoms with Crippen molar-refractivity contribution < 1.29 is 35.9 Å². The summed E-state index contributed by atoms with van der Waals surface area (Å²) in [4.78, 5) is 10.4. The molecule has 0 amide bonds. The molecule has 0 aromatic heterocycles. The molecule has 0 spiro atoms. The number of hydrogen-bond acceptors (Lipinski definition) is 5. The highest BCUT2D eigenvalue weighted by Gasteiger charge is 2.33. The van der Waals surface area contributed by atoms with Crippen molar-refractivity contribution in [3.05, 3.63) is 23.8 Å². The first kappa shape index (κ1) is 14.3. The number of carbonyl (C=O) groups is 1. The van der Waals surface area contributed by atoms with E-state index >= 15 is 0 Å². The average molecular weight is 284 g/mol. The maximum Gasteiger partial charge on any atom is 0.573 e. The molecular weight excluding hydrogens is 277 g/mol. The smallest absolute Gasteiger partial charge is 0.465 e. The van der Waals surface area contributed by atoms with Crippen molar-refractivity contribution in [1.82, 2.24) is 0 Å². The molecule has 0 bridgehead atoms. The number of ether oxygens (including phenoxy) is 2. The Hall–Kier alpha value is -1.77. The van der Waals surface area contributed by atoms with Gasteiger partial charge in [0.2, 0.25) is 0 Å². The molecular formula is C9H7F3O5S. The van der Waals surface area contributed by atoms with Crippen LogP contribution in [0.1, 0.15) is 10.4 Å². The van der Waals surface area contributed by atoms with Crippen LogP contribution < -0.4 is 4.74 Å². The summed E-state index contributed by atoms with van der Waals surface area (Å²) in [5, 5.41) is 0. The minimum Gasteiger partial charge on any atom is -0.465 e. The van der Waals surface area contributed by atoms with E-state index < -0.39 is 39.2 Å². The van der Waals surface area contributed by atoms with Crippen LogP contribution in [0.3, 0.4) is 0 Å². The van der Waals surface area contributed by atoms with Crippen LogP contribution in [0, 0.1) is 0 Å². The van der Waals surface area contributed by atoms with Gasteiger partial charge in [0.1, 0.15) is 10.6 Å². The summed E-state index contributed by atoms with van der Waals surface area (Å²) in [5.41, 5.74) is -0.518. The summed E-state index contributed by atoms with van der Waals surface area (Å²) in [6.45, 7) is 0. The van der Waals surface area contributed by atoms with E-state index in [9.17, 15) is 26.4 Å². The zero-order valence-electron chi connectivity index (χ0n) is 8.85. The Morgan fingerprint density at radius 1 is 1.28 bits per heavy atom. The molecule has 0 aliphatic heterocycles. The molecule has 9 heteroatoms. The van der Waals surface area contributed by atoms with Gasteiger partial charge in [0, 0.05) is 0 Å². The van der Waals surface area contributed by atoms with Crippen molar-refractivity contribution in [1.29, 1.82) is 0 Å². The van der Waals surface area contributed by atoms with Gasteiger partial charge in [-0.25, -0.2) is 13.2 Å². The standard InChI is InChI=1S/C9H7F3O5S/c1-16-8(13)5-3-2-4-6(7(5)18(14)15)17-9(10,11)12/h2-4,18H,1H3. The molecule has 0 radical (unpaired) electrons. The predicted molar refractivity (Wildman–Crippen MR) is 53.0 cm³/mol. The van der Waals surface area contributed by atoms with Gasteiger partial charge in [-0.3, -0.25) is 0 Å². The lowest BCUT2D eigenvalue weighted by Crippen LogP contribution is -2.19. The number of hydrogen-bond donors (Lipinski definition) is 1. The number of methoxy groups -OCH3 is 1. The fraction of sp³-hybridized carbons (Fsp3) is 0.222. The third kappa shape index (κ3) is 3.36. The van der Waals surface area contributed by atoms with E-state index in [0.29, 0.717) is 0 Å². The molecule has 100 valence electrons. The van der Waals surface area contributed by atoms with Gasteiger partial charge >= 0.3 is 12.3 Å². The van der Waals surface area contributed by atoms with Crippen LogP contribution in [0.5, 0.6) is 5.75 Å². The van der Waals surface area contributed by atoms with Crippen LogP contribution in [0.25, 0.3) is 0 Å². The number of rotatable bonds is 3. The first-order valence-corrected chi connectivity index (χ1v) is 5.55. The number of carbonyl (C=O) groups excluding carboxylic acids is 1. The highest BCUT2D eigenvalue weighted by molar-refractivity contribution is 7.72. The molecule has 18 heavy (non-hydrogen) atoms. The zero-order valence-corrected chi connectivity index (χ0v) is 9.75. The second-order valence-corrected chi connectivity index (χ2v) is 3.91. The van der Waals surface area contributed by atoms with E-state index in [4.69, 9.17) is 0 Å². The van der Waals surface area contributed by atoms with Crippen LogP contribution in [0.2, 0.25) is 0 Å². The minimum absolute atomic E-state index is 0.518. The third-order valence-corrected chi connectivity index (χ3v) is 2.64. The van der Waals surface area contributed by atoms with E-state index in [1.54, 1.807) is 0 Å². The minimum atomic E-state index is -5.06. The number of alkyl halides is 3. The van der Waals surface area contributed by atoms with Crippen molar-refractivity contribution in [2.75, 3.05) is 7.11 Å². The lowest BCUT2D eigenvalue weighted by Gasteiger charge is -2.12. The molecule has 0 fully saturated rings. The lowest BCUT2D eigenvalue weighted by molar-refractivity contribution is -0.275. The summed E-state index contributed by atoms with van der Waals surface area (Å²) < 4.78 is 65.9. The normalized spacial score (nSPS) is 11.4. The van der Waals surface area contributed by atoms with Crippen molar-refractivity contribution in [3.8, 4) is 5.75 Å². The molecule has 0 heterocycles. The topological polar surface area (TPSA) is 69.7 Å². The average Bonchev–Trinajstić information content (AvgIpc) is 2.25. The van der Waals surface area contributed by atoms with Crippen molar-refractivity contribution in [2.24, 2.45) is 0 Å². The van der Waals surface area contributed by atoms with Crippen molar-refractivity contribution in [3.63, 3.8) is 0 Å². The zero-order chi connectivity index (χ0) is 13.9. The molecule has 0 saturated carbocycles. The molecule has 1 aromatic carbocycles. The molecule has 0 N–H and O–H groups in total. The van der Waals surface area contributed by atoms with Gasteiger partial charge in [0.15, 0.2) is 10.7 Å². The first-order chi connectivity index (χ1) is 8.26. The van der Waals surface area contributed by atoms with Gasteiger partial charge in [-0.1, -0.05) is 6.07 Å². The summed E-state index contributed by atoms with van der Waals surface area (Å²) in [5.74, 6) is -2.04. The van der Waals surface area contributed by atoms with Gasteiger partial charge in [-0.2, -0.15) is 0 Å². The van der Waals surface area contributed by atoms with Crippen LogP contribution >= 0.6 is 0 Å². The van der Waals surface area contributed by atoms with Gasteiger partial charge < -0.3 is 9.47 Å². The number of benzene rings is 1. The van der Waals surface area contributed by atoms with Gasteiger partial charge in [-0.15, -0.1) is 13.2 Å². The number of esters is 1. The Morgan fingerprint density at radius 3 is 2.33 bits per heavy atom. The quantitative estimate of drug-likeness (QED) is 0.670. The van der Waals surface area contributed by atoms with E-state index in [2.05, 4.69) is 9.47 Å². The Balaban J connectivity index is 3.40. The van der Waals surface area contributed by atoms with Gasteiger partial charge in [-0.05, 0) is 12.1 Å². The van der Waals surface area contributed by atoms with Crippen molar-refractivity contribution in [2.45, 2.75) is 11.3 Å². The Kier molecular flexibility index (Phi) is 4.17. The molecule has 1 aromatic rings. The summed E-state index contributed by atoms with van der Waals surface area (Å²) >= 11 is 0. The van der Waals surface area contributed by atoms with Crippen LogP contribution in [0.15, 0.2) is 23.1 Å². The van der Waals surface area contributed by atoms with Crippen LogP contribution in [0.4, 0.5) is 13.2 Å². The molecule has 0 saturated heterocycles. The van der Waals surface area contributed by atoms with E-state index in [1.165, 1.54) is 0 Å². The van der Waals surface area contributed by atoms with E-state index in [-0.39, 0.29) is 0 Å². The van der Waals surface area contributed by atoms with Crippen molar-refractivity contribution >= 4 is 16.7 Å². The van der Waals surface area contributed by atoms with E-state index in [0.717, 1.165) is 25.3 Å². The summed E-state index contributed by atoms with van der Waals surface area (Å²) in [6, 6.07) is 2.87. The molecule has 0 atom stereocenters. The summed E-state index contributed by atoms with van der Waals surface area (Å²) in [6.07, 6.45) is -5.06. The lowest BCUT2D eigenvalue weighted by atomic mass is 10.2. The highest BCUT2D eigenvalue weighted by Crippen LogP contribution is 2.29. The molecule has 0 aliphatic rings. The maximum atomic E-state index is 12.1. The fourth-order valence-electron chi connectivity index (χ4n) is 1.19. The van der Waals surface area contributed by atoms with Crippen LogP contribution in [-0.2, 0) is 15.4 Å². The van der Waals surface area contributed by atoms with Gasteiger partial charge in [0.25, 0.3) is 0 Å². The largest absolute Gasteiger partial charge is 0.573 e. The Morgan fingerprint density at radius 2 is 1.89 bits per heavy atom.